The van der Waals surface area contributed by atoms with Gasteiger partial charge in [-0.1, -0.05) is 17.7 Å². The van der Waals surface area contributed by atoms with Gasteiger partial charge in [0.1, 0.15) is 17.6 Å². The number of aromatic nitrogens is 2. The highest BCUT2D eigenvalue weighted by molar-refractivity contribution is 6.30. The number of nitrogens with zero attached hydrogens (tertiary/aromatic N) is 3. The van der Waals surface area contributed by atoms with Gasteiger partial charge >= 0.3 is 0 Å². The van der Waals surface area contributed by atoms with Gasteiger partial charge in [0.2, 0.25) is 11.9 Å². The smallest absolute Gasteiger partial charge is 0.235 e. The van der Waals surface area contributed by atoms with Crippen LogP contribution in [0.1, 0.15) is 12.0 Å². The number of rotatable bonds is 5. The SMILES string of the molecule is O=C(Nc1ccnn1Cc1ccc(Cl)c(F)c1)[C@@H]1C[C@@H]1[N+](=O)[O-]. The van der Waals surface area contributed by atoms with Crippen molar-refractivity contribution in [3.63, 3.8) is 0 Å². The van der Waals surface area contributed by atoms with Gasteiger partial charge in [0.25, 0.3) is 0 Å². The van der Waals surface area contributed by atoms with Gasteiger partial charge in [0.15, 0.2) is 0 Å². The third-order valence-electron chi connectivity index (χ3n) is 3.65. The Morgan fingerprint density at radius 1 is 1.52 bits per heavy atom. The minimum atomic E-state index is -0.809. The second kappa shape index (κ2) is 5.96. The highest BCUT2D eigenvalue weighted by atomic mass is 35.5. The zero-order valence-electron chi connectivity index (χ0n) is 11.8. The lowest BCUT2D eigenvalue weighted by Crippen LogP contribution is -2.20. The van der Waals surface area contributed by atoms with Gasteiger partial charge in [-0.3, -0.25) is 14.9 Å². The molecule has 1 aromatic heterocycles. The standard InChI is InChI=1S/C14H12ClFN4O3/c15-10-2-1-8(5-11(10)16)7-19-13(3-4-17-19)18-14(21)9-6-12(9)20(22)23/h1-5,9,12H,6-7H2,(H,18,21)/t9-,12+/m1/s1. The zero-order chi connectivity index (χ0) is 16.6. The van der Waals surface area contributed by atoms with Crippen molar-refractivity contribution in [1.82, 2.24) is 9.78 Å². The molecule has 0 bridgehead atoms. The highest BCUT2D eigenvalue weighted by Gasteiger charge is 2.53. The summed E-state index contributed by atoms with van der Waals surface area (Å²) in [6.45, 7) is 0.236. The van der Waals surface area contributed by atoms with Gasteiger partial charge in [-0.2, -0.15) is 5.10 Å². The Balaban J connectivity index is 1.69. The average Bonchev–Trinajstić information content (AvgIpc) is 3.21. The minimum absolute atomic E-state index is 0.0299. The van der Waals surface area contributed by atoms with Crippen molar-refractivity contribution in [3.05, 3.63) is 57.0 Å². The Bertz CT molecular complexity index is 779. The van der Waals surface area contributed by atoms with Gasteiger partial charge in [-0.05, 0) is 17.7 Å². The normalized spacial score (nSPS) is 19.4. The Morgan fingerprint density at radius 3 is 2.96 bits per heavy atom. The maximum atomic E-state index is 13.5. The summed E-state index contributed by atoms with van der Waals surface area (Å²) in [6, 6.07) is 5.16. The number of hydrogen-bond donors (Lipinski definition) is 1. The van der Waals surface area contributed by atoms with E-state index in [1.165, 1.54) is 23.0 Å². The van der Waals surface area contributed by atoms with Crippen molar-refractivity contribution in [2.45, 2.75) is 19.0 Å². The molecule has 0 spiro atoms. The fraction of sp³-hybridized carbons (Fsp3) is 0.286. The van der Waals surface area contributed by atoms with Crippen molar-refractivity contribution >= 4 is 23.3 Å². The molecule has 1 amide bonds. The molecule has 1 aliphatic rings. The van der Waals surface area contributed by atoms with E-state index in [9.17, 15) is 19.3 Å². The molecule has 0 aliphatic heterocycles. The second-order valence-electron chi connectivity index (χ2n) is 5.31. The molecule has 1 N–H and O–H groups in total. The van der Waals surface area contributed by atoms with E-state index in [4.69, 9.17) is 11.6 Å². The topological polar surface area (TPSA) is 90.1 Å². The van der Waals surface area contributed by atoms with E-state index in [2.05, 4.69) is 10.4 Å². The summed E-state index contributed by atoms with van der Waals surface area (Å²) in [5, 5.41) is 17.3. The molecule has 0 saturated heterocycles. The molecule has 3 rings (SSSR count). The number of hydrogen-bond acceptors (Lipinski definition) is 4. The number of nitro groups is 1. The first-order valence-electron chi connectivity index (χ1n) is 6.86. The molecule has 1 heterocycles. The molecular weight excluding hydrogens is 327 g/mol. The number of halogens is 2. The van der Waals surface area contributed by atoms with Gasteiger partial charge in [-0.15, -0.1) is 0 Å². The van der Waals surface area contributed by atoms with Crippen LogP contribution in [0.4, 0.5) is 10.2 Å². The van der Waals surface area contributed by atoms with Crippen LogP contribution in [-0.4, -0.2) is 26.7 Å². The molecule has 120 valence electrons. The lowest BCUT2D eigenvalue weighted by atomic mass is 10.2. The molecular formula is C14H12ClFN4O3. The summed E-state index contributed by atoms with van der Waals surface area (Å²) in [4.78, 5) is 22.1. The maximum Gasteiger partial charge on any atom is 0.235 e. The number of benzene rings is 1. The maximum absolute atomic E-state index is 13.5. The summed E-state index contributed by atoms with van der Waals surface area (Å²) in [7, 11) is 0. The lowest BCUT2D eigenvalue weighted by molar-refractivity contribution is -0.497. The molecule has 1 fully saturated rings. The monoisotopic (exact) mass is 338 g/mol. The van der Waals surface area contributed by atoms with Crippen LogP contribution in [0.5, 0.6) is 0 Å². The van der Waals surface area contributed by atoms with Crippen LogP contribution in [0.2, 0.25) is 5.02 Å². The van der Waals surface area contributed by atoms with Crippen LogP contribution in [0.15, 0.2) is 30.5 Å². The van der Waals surface area contributed by atoms with Crippen molar-refractivity contribution < 1.29 is 14.1 Å². The molecule has 2 aromatic rings. The predicted octanol–water partition coefficient (Wildman–Crippen LogP) is 2.33. The van der Waals surface area contributed by atoms with Gasteiger partial charge in [-0.25, -0.2) is 9.07 Å². The summed E-state index contributed by atoms with van der Waals surface area (Å²) >= 11 is 5.63. The van der Waals surface area contributed by atoms with E-state index in [0.717, 1.165) is 0 Å². The zero-order valence-corrected chi connectivity index (χ0v) is 12.5. The summed E-state index contributed by atoms with van der Waals surface area (Å²) < 4.78 is 14.9. The second-order valence-corrected chi connectivity index (χ2v) is 5.71. The van der Waals surface area contributed by atoms with Crippen LogP contribution >= 0.6 is 11.6 Å². The molecule has 7 nitrogen and oxygen atoms in total. The van der Waals surface area contributed by atoms with Crippen LogP contribution < -0.4 is 5.32 Å². The molecule has 1 saturated carbocycles. The van der Waals surface area contributed by atoms with Gasteiger partial charge in [0, 0.05) is 17.4 Å². The first-order chi connectivity index (χ1) is 11.0. The van der Waals surface area contributed by atoms with Crippen LogP contribution in [-0.2, 0) is 11.3 Å². The Kier molecular flexibility index (Phi) is 3.99. The van der Waals surface area contributed by atoms with E-state index in [-0.39, 0.29) is 18.0 Å². The Morgan fingerprint density at radius 2 is 2.30 bits per heavy atom. The number of amides is 1. The highest BCUT2D eigenvalue weighted by Crippen LogP contribution is 2.34. The number of anilines is 1. The fourth-order valence-corrected chi connectivity index (χ4v) is 2.41. The number of carbonyl (C=O) groups excluding carboxylic acids is 1. The Hall–Kier alpha value is -2.48. The summed E-state index contributed by atoms with van der Waals surface area (Å²) in [5.74, 6) is -1.15. The minimum Gasteiger partial charge on any atom is -0.310 e. The number of nitrogens with one attached hydrogen (secondary N) is 1. The van der Waals surface area contributed by atoms with Gasteiger partial charge < -0.3 is 5.32 Å². The van der Waals surface area contributed by atoms with Crippen LogP contribution in [0, 0.1) is 21.8 Å². The molecule has 1 aromatic carbocycles. The van der Waals surface area contributed by atoms with E-state index >= 15 is 0 Å². The van der Waals surface area contributed by atoms with Crippen molar-refractivity contribution in [2.75, 3.05) is 5.32 Å². The van der Waals surface area contributed by atoms with E-state index < -0.39 is 28.6 Å². The fourth-order valence-electron chi connectivity index (χ4n) is 2.29. The molecule has 1 aliphatic carbocycles. The van der Waals surface area contributed by atoms with E-state index in [0.29, 0.717) is 11.4 Å². The number of carbonyl (C=O) groups is 1. The molecule has 0 unspecified atom stereocenters. The third kappa shape index (κ3) is 3.31. The summed E-state index contributed by atoms with van der Waals surface area (Å²) in [5.41, 5.74) is 0.626. The van der Waals surface area contributed by atoms with E-state index in [1.54, 1.807) is 12.1 Å². The van der Waals surface area contributed by atoms with Crippen molar-refractivity contribution in [3.8, 4) is 0 Å². The molecule has 0 radical (unpaired) electrons. The predicted molar refractivity (Wildman–Crippen MR) is 80.3 cm³/mol. The first kappa shape index (κ1) is 15.4. The first-order valence-corrected chi connectivity index (χ1v) is 7.23. The van der Waals surface area contributed by atoms with Gasteiger partial charge in [0.05, 0.1) is 17.8 Å². The Labute approximate surface area is 135 Å². The van der Waals surface area contributed by atoms with Crippen LogP contribution in [0.25, 0.3) is 0 Å². The molecule has 23 heavy (non-hydrogen) atoms. The quantitative estimate of drug-likeness (QED) is 0.669. The van der Waals surface area contributed by atoms with Crippen molar-refractivity contribution in [1.29, 1.82) is 0 Å². The summed E-state index contributed by atoms with van der Waals surface area (Å²) in [6.07, 6.45) is 1.73. The third-order valence-corrected chi connectivity index (χ3v) is 3.96. The van der Waals surface area contributed by atoms with E-state index in [1.807, 2.05) is 0 Å². The average molecular weight is 339 g/mol. The lowest BCUT2D eigenvalue weighted by Gasteiger charge is -2.09. The molecule has 2 atom stereocenters. The van der Waals surface area contributed by atoms with Crippen LogP contribution in [0.3, 0.4) is 0 Å². The van der Waals surface area contributed by atoms with Crippen molar-refractivity contribution in [2.24, 2.45) is 5.92 Å². The largest absolute Gasteiger partial charge is 0.310 e. The molecule has 9 heteroatoms.